The maximum Gasteiger partial charge on any atom is 0.303 e. The lowest BCUT2D eigenvalue weighted by Gasteiger charge is -2.39. The van der Waals surface area contributed by atoms with Gasteiger partial charge in [-0.2, -0.15) is 0 Å². The van der Waals surface area contributed by atoms with Crippen molar-refractivity contribution in [3.63, 3.8) is 0 Å². The van der Waals surface area contributed by atoms with Gasteiger partial charge in [-0.15, -0.1) is 0 Å². The minimum Gasteiger partial charge on any atom is -0.481 e. The molecule has 7 nitrogen and oxygen atoms in total. The fraction of sp³-hybridized carbons (Fsp3) is 0.750. The summed E-state index contributed by atoms with van der Waals surface area (Å²) >= 11 is 0. The van der Waals surface area contributed by atoms with Crippen LogP contribution in [0.15, 0.2) is 12.2 Å². The van der Waals surface area contributed by atoms with Crippen LogP contribution in [0.1, 0.15) is 71.1 Å². The molecule has 0 spiro atoms. The van der Waals surface area contributed by atoms with Gasteiger partial charge >= 0.3 is 17.9 Å². The number of carboxylic acids is 3. The SMILES string of the molecule is CCC/C=C\CCC[N+](CCCC(=O)O)(CCCC(=O)O)CCCC(=O)O. The summed E-state index contributed by atoms with van der Waals surface area (Å²) in [5.41, 5.74) is 0. The molecule has 0 bridgehead atoms. The molecular formula is C20H36NO6+. The highest BCUT2D eigenvalue weighted by Crippen LogP contribution is 2.17. The first kappa shape index (κ1) is 25.1. The number of carboxylic acid groups (broad SMARTS) is 3. The van der Waals surface area contributed by atoms with Crippen molar-refractivity contribution in [2.45, 2.75) is 71.1 Å². The standard InChI is InChI=1S/C20H35NO6/c1-2-3-4-5-6-7-14-21(15-8-11-18(22)23,16-9-12-19(24)25)17-10-13-20(26)27/h4-5H,2-3,6-17H2,1H3,(H2-,22,23,24,25,26,27)/p+1/b5-4-. The van der Waals surface area contributed by atoms with Crippen LogP contribution < -0.4 is 0 Å². The van der Waals surface area contributed by atoms with Gasteiger partial charge in [0, 0.05) is 25.7 Å². The molecule has 0 saturated carbocycles. The van der Waals surface area contributed by atoms with Crippen LogP contribution >= 0.6 is 0 Å². The van der Waals surface area contributed by atoms with Crippen molar-refractivity contribution in [1.82, 2.24) is 0 Å². The van der Waals surface area contributed by atoms with Gasteiger partial charge in [0.25, 0.3) is 0 Å². The van der Waals surface area contributed by atoms with Crippen LogP contribution in [0.3, 0.4) is 0 Å². The molecule has 0 rings (SSSR count). The fourth-order valence-electron chi connectivity index (χ4n) is 3.31. The predicted molar refractivity (Wildman–Crippen MR) is 104 cm³/mol. The first-order valence-electron chi connectivity index (χ1n) is 9.97. The number of hydrogen-bond donors (Lipinski definition) is 3. The Morgan fingerprint density at radius 3 is 1.41 bits per heavy atom. The molecular weight excluding hydrogens is 350 g/mol. The Bertz CT molecular complexity index is 425. The van der Waals surface area contributed by atoms with E-state index in [1.807, 2.05) is 0 Å². The first-order valence-corrected chi connectivity index (χ1v) is 9.97. The zero-order chi connectivity index (χ0) is 20.5. The minimum absolute atomic E-state index is 0.0776. The average Bonchev–Trinajstić information content (AvgIpc) is 2.57. The number of hydrogen-bond acceptors (Lipinski definition) is 3. The maximum atomic E-state index is 10.9. The van der Waals surface area contributed by atoms with E-state index in [4.69, 9.17) is 15.3 Å². The van der Waals surface area contributed by atoms with Gasteiger partial charge < -0.3 is 19.8 Å². The molecule has 7 heteroatoms. The zero-order valence-electron chi connectivity index (χ0n) is 16.6. The number of rotatable bonds is 18. The lowest BCUT2D eigenvalue weighted by molar-refractivity contribution is -0.928. The Morgan fingerprint density at radius 2 is 1.04 bits per heavy atom. The third-order valence-electron chi connectivity index (χ3n) is 4.69. The topological polar surface area (TPSA) is 112 Å². The summed E-state index contributed by atoms with van der Waals surface area (Å²) in [5.74, 6) is -2.52. The van der Waals surface area contributed by atoms with Crippen molar-refractivity contribution in [1.29, 1.82) is 0 Å². The first-order chi connectivity index (χ1) is 12.8. The normalized spacial score (nSPS) is 11.7. The molecule has 0 aromatic rings. The number of carbonyl (C=O) groups is 3. The van der Waals surface area contributed by atoms with E-state index in [-0.39, 0.29) is 19.3 Å². The number of quaternary nitrogens is 1. The highest BCUT2D eigenvalue weighted by Gasteiger charge is 2.27. The molecule has 0 unspecified atom stereocenters. The Labute approximate surface area is 162 Å². The summed E-state index contributed by atoms with van der Waals surface area (Å²) < 4.78 is 0.607. The van der Waals surface area contributed by atoms with E-state index in [0.717, 1.165) is 32.2 Å². The van der Waals surface area contributed by atoms with Crippen molar-refractivity contribution in [3.8, 4) is 0 Å². The molecule has 27 heavy (non-hydrogen) atoms. The molecule has 3 N–H and O–H groups in total. The third kappa shape index (κ3) is 14.9. The van der Waals surface area contributed by atoms with E-state index in [1.54, 1.807) is 0 Å². The summed E-state index contributed by atoms with van der Waals surface area (Å²) in [6.07, 6.45) is 10.1. The summed E-state index contributed by atoms with van der Waals surface area (Å²) in [4.78, 5) is 32.6. The maximum absolute atomic E-state index is 10.9. The molecule has 0 aliphatic heterocycles. The molecule has 0 aromatic carbocycles. The number of allylic oxidation sites excluding steroid dienone is 2. The van der Waals surface area contributed by atoms with Crippen LogP contribution in [-0.2, 0) is 14.4 Å². The summed E-state index contributed by atoms with van der Waals surface area (Å²) in [6, 6.07) is 0. The van der Waals surface area contributed by atoms with E-state index < -0.39 is 17.9 Å². The van der Waals surface area contributed by atoms with Crippen molar-refractivity contribution < 1.29 is 34.2 Å². The lowest BCUT2D eigenvalue weighted by atomic mass is 10.1. The van der Waals surface area contributed by atoms with Crippen molar-refractivity contribution in [2.75, 3.05) is 26.2 Å². The van der Waals surface area contributed by atoms with Gasteiger partial charge in [-0.1, -0.05) is 25.5 Å². The summed E-state index contributed by atoms with van der Waals surface area (Å²) in [6.45, 7) is 4.87. The Balaban J connectivity index is 4.93. The molecule has 0 aromatic heterocycles. The van der Waals surface area contributed by atoms with Gasteiger partial charge in [0.05, 0.1) is 45.4 Å². The van der Waals surface area contributed by atoms with Gasteiger partial charge in [0.1, 0.15) is 0 Å². The van der Waals surface area contributed by atoms with Crippen LogP contribution in [0.25, 0.3) is 0 Å². The average molecular weight is 387 g/mol. The molecule has 0 radical (unpaired) electrons. The lowest BCUT2D eigenvalue weighted by Crippen LogP contribution is -2.51. The van der Waals surface area contributed by atoms with Gasteiger partial charge in [0.2, 0.25) is 0 Å². The van der Waals surface area contributed by atoms with Crippen molar-refractivity contribution in [2.24, 2.45) is 0 Å². The molecule has 0 aliphatic rings. The monoisotopic (exact) mass is 386 g/mol. The number of unbranched alkanes of at least 4 members (excludes halogenated alkanes) is 2. The Hall–Kier alpha value is -1.89. The smallest absolute Gasteiger partial charge is 0.303 e. The minimum atomic E-state index is -0.841. The van der Waals surface area contributed by atoms with Gasteiger partial charge in [-0.05, 0) is 12.8 Å². The van der Waals surface area contributed by atoms with Crippen LogP contribution in [0, 0.1) is 0 Å². The number of nitrogens with zero attached hydrogens (tertiary/aromatic N) is 1. The Kier molecular flexibility index (Phi) is 14.1. The summed E-state index contributed by atoms with van der Waals surface area (Å²) in [5, 5.41) is 26.8. The molecule has 0 amide bonds. The van der Waals surface area contributed by atoms with Crippen LogP contribution in [0.5, 0.6) is 0 Å². The van der Waals surface area contributed by atoms with Crippen molar-refractivity contribution >= 4 is 17.9 Å². The highest BCUT2D eigenvalue weighted by atomic mass is 16.4. The number of aliphatic carboxylic acids is 3. The third-order valence-corrected chi connectivity index (χ3v) is 4.69. The molecule has 156 valence electrons. The zero-order valence-corrected chi connectivity index (χ0v) is 16.6. The van der Waals surface area contributed by atoms with Gasteiger partial charge in [-0.3, -0.25) is 14.4 Å². The molecule has 0 heterocycles. The van der Waals surface area contributed by atoms with Crippen LogP contribution in [0.2, 0.25) is 0 Å². The molecule has 0 aliphatic carbocycles. The van der Waals surface area contributed by atoms with E-state index in [0.29, 0.717) is 43.4 Å². The second-order valence-electron chi connectivity index (χ2n) is 7.13. The molecule has 0 saturated heterocycles. The van der Waals surface area contributed by atoms with E-state index >= 15 is 0 Å². The molecule has 0 fully saturated rings. The second kappa shape index (κ2) is 15.2. The Morgan fingerprint density at radius 1 is 0.667 bits per heavy atom. The largest absolute Gasteiger partial charge is 0.481 e. The van der Waals surface area contributed by atoms with Crippen molar-refractivity contribution in [3.05, 3.63) is 12.2 Å². The highest BCUT2D eigenvalue weighted by molar-refractivity contribution is 5.67. The van der Waals surface area contributed by atoms with Crippen LogP contribution in [0.4, 0.5) is 0 Å². The molecule has 0 atom stereocenters. The summed E-state index contributed by atoms with van der Waals surface area (Å²) in [7, 11) is 0. The van der Waals surface area contributed by atoms with Gasteiger partial charge in [-0.25, -0.2) is 0 Å². The fourth-order valence-corrected chi connectivity index (χ4v) is 3.31. The van der Waals surface area contributed by atoms with E-state index in [2.05, 4.69) is 19.1 Å². The van der Waals surface area contributed by atoms with Crippen LogP contribution in [-0.4, -0.2) is 63.9 Å². The quantitative estimate of drug-likeness (QED) is 0.189. The predicted octanol–water partition coefficient (Wildman–Crippen LogP) is 3.53. The second-order valence-corrected chi connectivity index (χ2v) is 7.13. The van der Waals surface area contributed by atoms with E-state index in [9.17, 15) is 14.4 Å². The van der Waals surface area contributed by atoms with E-state index in [1.165, 1.54) is 0 Å². The van der Waals surface area contributed by atoms with Gasteiger partial charge in [0.15, 0.2) is 0 Å².